The van der Waals surface area contributed by atoms with Gasteiger partial charge in [0.2, 0.25) is 5.91 Å². The number of rotatable bonds is 4. The SMILES string of the molecule is O=C(CN1C(=O)COc2ccccc21)N1CCN(c2ccnc(-c3ccccc3)n2)CC1. The minimum absolute atomic E-state index is 0.0187. The Morgan fingerprint density at radius 2 is 1.69 bits per heavy atom. The number of fused-ring (bicyclic) bond motifs is 1. The van der Waals surface area contributed by atoms with Gasteiger partial charge in [-0.3, -0.25) is 14.5 Å². The number of amides is 2. The molecule has 0 unspecified atom stereocenters. The number of hydrogen-bond donors (Lipinski definition) is 0. The van der Waals surface area contributed by atoms with Crippen LogP contribution in [0.5, 0.6) is 5.75 Å². The standard InChI is InChI=1S/C24H23N5O3/c30-22(16-29-19-8-4-5-9-20(19)32-17-23(29)31)28-14-12-27(13-15-28)21-10-11-25-24(26-21)18-6-2-1-3-7-18/h1-11H,12-17H2. The molecule has 32 heavy (non-hydrogen) atoms. The summed E-state index contributed by atoms with van der Waals surface area (Å²) in [5, 5.41) is 0. The van der Waals surface area contributed by atoms with Crippen molar-refractivity contribution in [3.05, 3.63) is 66.9 Å². The molecule has 0 N–H and O–H groups in total. The van der Waals surface area contributed by atoms with Crippen molar-refractivity contribution in [3.63, 3.8) is 0 Å². The minimum atomic E-state index is -0.204. The smallest absolute Gasteiger partial charge is 0.265 e. The highest BCUT2D eigenvalue weighted by atomic mass is 16.5. The van der Waals surface area contributed by atoms with Crippen LogP contribution >= 0.6 is 0 Å². The second-order valence-corrected chi connectivity index (χ2v) is 7.71. The number of nitrogens with zero attached hydrogens (tertiary/aromatic N) is 5. The zero-order chi connectivity index (χ0) is 21.9. The molecule has 2 aliphatic heterocycles. The lowest BCUT2D eigenvalue weighted by Gasteiger charge is -2.37. The second-order valence-electron chi connectivity index (χ2n) is 7.71. The van der Waals surface area contributed by atoms with Crippen LogP contribution in [-0.2, 0) is 9.59 Å². The predicted molar refractivity (Wildman–Crippen MR) is 121 cm³/mol. The Bertz CT molecular complexity index is 1130. The van der Waals surface area contributed by atoms with Crippen LogP contribution in [0.1, 0.15) is 0 Å². The summed E-state index contributed by atoms with van der Waals surface area (Å²) in [5.74, 6) is 1.89. The van der Waals surface area contributed by atoms with Crippen LogP contribution in [0.2, 0.25) is 0 Å². The van der Waals surface area contributed by atoms with Crippen molar-refractivity contribution in [2.75, 3.05) is 49.1 Å². The van der Waals surface area contributed by atoms with Crippen molar-refractivity contribution in [1.29, 1.82) is 0 Å². The average molecular weight is 429 g/mol. The van der Waals surface area contributed by atoms with E-state index in [4.69, 9.17) is 9.72 Å². The molecule has 5 rings (SSSR count). The van der Waals surface area contributed by atoms with Gasteiger partial charge in [-0.2, -0.15) is 0 Å². The molecule has 0 bridgehead atoms. The fourth-order valence-corrected chi connectivity index (χ4v) is 4.00. The third-order valence-electron chi connectivity index (χ3n) is 5.73. The van der Waals surface area contributed by atoms with Crippen molar-refractivity contribution >= 4 is 23.3 Å². The summed E-state index contributed by atoms with van der Waals surface area (Å²) in [7, 11) is 0. The van der Waals surface area contributed by atoms with Gasteiger partial charge in [0.25, 0.3) is 5.91 Å². The first kappa shape index (κ1) is 20.0. The predicted octanol–water partition coefficient (Wildman–Crippen LogP) is 2.22. The van der Waals surface area contributed by atoms with Crippen molar-refractivity contribution in [1.82, 2.24) is 14.9 Å². The summed E-state index contributed by atoms with van der Waals surface area (Å²) >= 11 is 0. The fraction of sp³-hybridized carbons (Fsp3) is 0.250. The van der Waals surface area contributed by atoms with E-state index in [-0.39, 0.29) is 25.0 Å². The van der Waals surface area contributed by atoms with Crippen molar-refractivity contribution < 1.29 is 14.3 Å². The molecule has 0 radical (unpaired) electrons. The minimum Gasteiger partial charge on any atom is -0.482 e. The normalized spacial score (nSPS) is 15.9. The average Bonchev–Trinajstić information content (AvgIpc) is 2.86. The van der Waals surface area contributed by atoms with Crippen molar-refractivity contribution in [3.8, 4) is 17.1 Å². The summed E-state index contributed by atoms with van der Waals surface area (Å²) in [6.07, 6.45) is 1.77. The van der Waals surface area contributed by atoms with E-state index in [0.717, 1.165) is 11.4 Å². The van der Waals surface area contributed by atoms with Crippen molar-refractivity contribution in [2.45, 2.75) is 0 Å². The van der Waals surface area contributed by atoms with Gasteiger partial charge in [0.15, 0.2) is 12.4 Å². The lowest BCUT2D eigenvalue weighted by molar-refractivity contribution is -0.132. The Labute approximate surface area is 186 Å². The van der Waals surface area contributed by atoms with Gasteiger partial charge in [-0.05, 0) is 18.2 Å². The second kappa shape index (κ2) is 8.66. The maximum atomic E-state index is 13.0. The molecule has 2 aromatic carbocycles. The van der Waals surface area contributed by atoms with Gasteiger partial charge in [-0.15, -0.1) is 0 Å². The Morgan fingerprint density at radius 3 is 2.50 bits per heavy atom. The molecule has 8 nitrogen and oxygen atoms in total. The largest absolute Gasteiger partial charge is 0.482 e. The number of piperazine rings is 1. The molecule has 0 atom stereocenters. The van der Waals surface area contributed by atoms with Crippen LogP contribution in [0.3, 0.4) is 0 Å². The van der Waals surface area contributed by atoms with Gasteiger partial charge in [-0.1, -0.05) is 42.5 Å². The third-order valence-corrected chi connectivity index (χ3v) is 5.73. The molecule has 8 heteroatoms. The van der Waals surface area contributed by atoms with E-state index in [0.29, 0.717) is 43.4 Å². The van der Waals surface area contributed by atoms with Crippen LogP contribution in [-0.4, -0.2) is 66.0 Å². The molecule has 1 fully saturated rings. The first-order valence-corrected chi connectivity index (χ1v) is 10.6. The van der Waals surface area contributed by atoms with Gasteiger partial charge in [0.1, 0.15) is 18.1 Å². The van der Waals surface area contributed by atoms with Gasteiger partial charge in [-0.25, -0.2) is 9.97 Å². The van der Waals surface area contributed by atoms with Gasteiger partial charge in [0.05, 0.1) is 5.69 Å². The molecule has 0 spiro atoms. The summed E-state index contributed by atoms with van der Waals surface area (Å²) in [6, 6.07) is 19.1. The number of para-hydroxylation sites is 2. The topological polar surface area (TPSA) is 78.9 Å². The molecule has 0 aliphatic carbocycles. The van der Waals surface area contributed by atoms with Crippen LogP contribution < -0.4 is 14.5 Å². The highest BCUT2D eigenvalue weighted by Gasteiger charge is 2.30. The van der Waals surface area contributed by atoms with Gasteiger partial charge in [0, 0.05) is 37.9 Å². The molecule has 0 saturated carbocycles. The molecule has 1 aromatic heterocycles. The number of aromatic nitrogens is 2. The van der Waals surface area contributed by atoms with E-state index < -0.39 is 0 Å². The van der Waals surface area contributed by atoms with E-state index in [1.165, 1.54) is 4.90 Å². The summed E-state index contributed by atoms with van der Waals surface area (Å²) in [4.78, 5) is 39.9. The molecular formula is C24H23N5O3. The Kier molecular flexibility index (Phi) is 5.41. The zero-order valence-corrected chi connectivity index (χ0v) is 17.6. The number of hydrogen-bond acceptors (Lipinski definition) is 6. The highest BCUT2D eigenvalue weighted by Crippen LogP contribution is 2.31. The number of carbonyl (C=O) groups excluding carboxylic acids is 2. The molecule has 162 valence electrons. The number of ether oxygens (including phenoxy) is 1. The van der Waals surface area contributed by atoms with Crippen molar-refractivity contribution in [2.24, 2.45) is 0 Å². The highest BCUT2D eigenvalue weighted by molar-refractivity contribution is 6.02. The first-order chi connectivity index (χ1) is 15.7. The van der Waals surface area contributed by atoms with Gasteiger partial charge >= 0.3 is 0 Å². The fourth-order valence-electron chi connectivity index (χ4n) is 4.00. The van der Waals surface area contributed by atoms with E-state index in [1.54, 1.807) is 17.2 Å². The maximum absolute atomic E-state index is 13.0. The third kappa shape index (κ3) is 3.99. The Hall–Kier alpha value is -3.94. The lowest BCUT2D eigenvalue weighted by Crippen LogP contribution is -2.53. The molecule has 3 heterocycles. The van der Waals surface area contributed by atoms with Crippen LogP contribution in [0.25, 0.3) is 11.4 Å². The Morgan fingerprint density at radius 1 is 0.938 bits per heavy atom. The molecule has 1 saturated heterocycles. The number of carbonyl (C=O) groups is 2. The van der Waals surface area contributed by atoms with E-state index in [9.17, 15) is 9.59 Å². The van der Waals surface area contributed by atoms with E-state index >= 15 is 0 Å². The maximum Gasteiger partial charge on any atom is 0.265 e. The van der Waals surface area contributed by atoms with E-state index in [1.807, 2.05) is 54.6 Å². The Balaban J connectivity index is 1.23. The summed E-state index contributed by atoms with van der Waals surface area (Å²) in [6.45, 7) is 2.46. The quantitative estimate of drug-likeness (QED) is 0.633. The van der Waals surface area contributed by atoms with E-state index in [2.05, 4.69) is 9.88 Å². The number of benzene rings is 2. The monoisotopic (exact) mass is 429 g/mol. The molecular weight excluding hydrogens is 406 g/mol. The molecule has 2 aliphatic rings. The summed E-state index contributed by atoms with van der Waals surface area (Å²) < 4.78 is 5.46. The van der Waals surface area contributed by atoms with Gasteiger partial charge < -0.3 is 14.5 Å². The van der Waals surface area contributed by atoms with Crippen LogP contribution in [0.15, 0.2) is 66.9 Å². The molecule has 3 aromatic rings. The van der Waals surface area contributed by atoms with Crippen LogP contribution in [0.4, 0.5) is 11.5 Å². The summed E-state index contributed by atoms with van der Waals surface area (Å²) in [5.41, 5.74) is 1.61. The lowest BCUT2D eigenvalue weighted by atomic mass is 10.2. The first-order valence-electron chi connectivity index (χ1n) is 10.6. The van der Waals surface area contributed by atoms with Crippen LogP contribution in [0, 0.1) is 0 Å². The zero-order valence-electron chi connectivity index (χ0n) is 17.6. The molecule has 2 amide bonds. The number of anilines is 2.